The highest BCUT2D eigenvalue weighted by Crippen LogP contribution is 2.24. The Morgan fingerprint density at radius 3 is 2.69 bits per heavy atom. The van der Waals surface area contributed by atoms with Crippen LogP contribution < -0.4 is 4.74 Å². The van der Waals surface area contributed by atoms with Gasteiger partial charge in [-0.15, -0.1) is 0 Å². The van der Waals surface area contributed by atoms with Gasteiger partial charge < -0.3 is 9.47 Å². The number of ether oxygens (including phenoxy) is 2. The maximum atomic E-state index is 5.21. The first-order chi connectivity index (χ1) is 7.67. The Kier molecular flexibility index (Phi) is 6.39. The molecule has 1 atom stereocenters. The van der Waals surface area contributed by atoms with Gasteiger partial charge in [-0.3, -0.25) is 0 Å². The highest BCUT2D eigenvalue weighted by molar-refractivity contribution is 9.10. The lowest BCUT2D eigenvalue weighted by molar-refractivity contribution is 0.198. The van der Waals surface area contributed by atoms with E-state index < -0.39 is 0 Å². The lowest BCUT2D eigenvalue weighted by Crippen LogP contribution is -2.07. The minimum atomic E-state index is 0.399. The molecule has 90 valence electrons. The average molecular weight is 352 g/mol. The van der Waals surface area contributed by atoms with Crippen molar-refractivity contribution in [3.8, 4) is 5.75 Å². The standard InChI is InChI=1S/C12H16Br2O2/c1-15-8-10(13)4-3-9-7-11(16-2)5-6-12(9)14/h5-7,10H,3-4,8H2,1-2H3. The van der Waals surface area contributed by atoms with Crippen LogP contribution >= 0.6 is 31.9 Å². The molecule has 0 saturated heterocycles. The van der Waals surface area contributed by atoms with Crippen molar-refractivity contribution in [2.45, 2.75) is 17.7 Å². The van der Waals surface area contributed by atoms with Gasteiger partial charge in [-0.1, -0.05) is 31.9 Å². The van der Waals surface area contributed by atoms with E-state index in [0.717, 1.165) is 29.7 Å². The molecule has 0 spiro atoms. The summed E-state index contributed by atoms with van der Waals surface area (Å²) >= 11 is 7.13. The van der Waals surface area contributed by atoms with E-state index >= 15 is 0 Å². The molecule has 1 rings (SSSR count). The normalized spacial score (nSPS) is 12.5. The van der Waals surface area contributed by atoms with Crippen LogP contribution in [-0.4, -0.2) is 25.7 Å². The number of hydrogen-bond donors (Lipinski definition) is 0. The fourth-order valence-electron chi connectivity index (χ4n) is 1.45. The van der Waals surface area contributed by atoms with Gasteiger partial charge in [0.15, 0.2) is 0 Å². The number of aryl methyl sites for hydroxylation is 1. The van der Waals surface area contributed by atoms with E-state index in [4.69, 9.17) is 9.47 Å². The van der Waals surface area contributed by atoms with E-state index in [1.165, 1.54) is 5.56 Å². The summed E-state index contributed by atoms with van der Waals surface area (Å²) in [6.07, 6.45) is 2.04. The second-order valence-electron chi connectivity index (χ2n) is 3.55. The molecule has 1 aromatic carbocycles. The van der Waals surface area contributed by atoms with Crippen molar-refractivity contribution in [1.82, 2.24) is 0 Å². The Bertz CT molecular complexity index is 329. The van der Waals surface area contributed by atoms with Crippen molar-refractivity contribution < 1.29 is 9.47 Å². The Hall–Kier alpha value is -0.0600. The minimum Gasteiger partial charge on any atom is -0.497 e. The van der Waals surface area contributed by atoms with Gasteiger partial charge in [0, 0.05) is 16.4 Å². The van der Waals surface area contributed by atoms with Crippen LogP contribution in [0.4, 0.5) is 0 Å². The van der Waals surface area contributed by atoms with Crippen molar-refractivity contribution in [3.63, 3.8) is 0 Å². The third kappa shape index (κ3) is 4.44. The second-order valence-corrected chi connectivity index (χ2v) is 5.70. The molecule has 0 aliphatic carbocycles. The molecule has 0 fully saturated rings. The van der Waals surface area contributed by atoms with E-state index in [1.807, 2.05) is 12.1 Å². The SMILES string of the molecule is COCC(Br)CCc1cc(OC)ccc1Br. The first-order valence-electron chi connectivity index (χ1n) is 5.12. The van der Waals surface area contributed by atoms with Gasteiger partial charge in [-0.2, -0.15) is 0 Å². The highest BCUT2D eigenvalue weighted by Gasteiger charge is 2.07. The fourth-order valence-corrected chi connectivity index (χ4v) is 2.38. The summed E-state index contributed by atoms with van der Waals surface area (Å²) in [5.74, 6) is 0.899. The van der Waals surface area contributed by atoms with Crippen LogP contribution in [0.25, 0.3) is 0 Å². The van der Waals surface area contributed by atoms with Crippen molar-refractivity contribution in [3.05, 3.63) is 28.2 Å². The number of hydrogen-bond acceptors (Lipinski definition) is 2. The summed E-state index contributed by atoms with van der Waals surface area (Å²) in [6.45, 7) is 0.738. The maximum absolute atomic E-state index is 5.21. The van der Waals surface area contributed by atoms with Crippen molar-refractivity contribution >= 4 is 31.9 Å². The molecule has 0 aromatic heterocycles. The molecule has 1 unspecified atom stereocenters. The lowest BCUT2D eigenvalue weighted by atomic mass is 10.1. The van der Waals surface area contributed by atoms with Crippen molar-refractivity contribution in [2.75, 3.05) is 20.8 Å². The monoisotopic (exact) mass is 350 g/mol. The molecule has 2 nitrogen and oxygen atoms in total. The molecule has 0 N–H and O–H groups in total. The number of alkyl halides is 1. The van der Waals surface area contributed by atoms with E-state index in [-0.39, 0.29) is 0 Å². The molecule has 0 heterocycles. The highest BCUT2D eigenvalue weighted by atomic mass is 79.9. The van der Waals surface area contributed by atoms with Crippen molar-refractivity contribution in [2.24, 2.45) is 0 Å². The molecule has 16 heavy (non-hydrogen) atoms. The minimum absolute atomic E-state index is 0.399. The number of methoxy groups -OCH3 is 2. The van der Waals surface area contributed by atoms with E-state index in [1.54, 1.807) is 14.2 Å². The summed E-state index contributed by atoms with van der Waals surface area (Å²) < 4.78 is 11.4. The Morgan fingerprint density at radius 1 is 1.31 bits per heavy atom. The Labute approximate surface area is 114 Å². The van der Waals surface area contributed by atoms with Gasteiger partial charge in [-0.25, -0.2) is 0 Å². The Balaban J connectivity index is 2.58. The first-order valence-corrected chi connectivity index (χ1v) is 6.83. The molecule has 0 aliphatic rings. The van der Waals surface area contributed by atoms with Crippen LogP contribution in [0.1, 0.15) is 12.0 Å². The van der Waals surface area contributed by atoms with Crippen LogP contribution in [-0.2, 0) is 11.2 Å². The summed E-state index contributed by atoms with van der Waals surface area (Å²) in [7, 11) is 3.40. The molecule has 1 aromatic rings. The molecule has 0 amide bonds. The smallest absolute Gasteiger partial charge is 0.119 e. The van der Waals surface area contributed by atoms with Gasteiger partial charge in [-0.05, 0) is 36.6 Å². The zero-order chi connectivity index (χ0) is 12.0. The second kappa shape index (κ2) is 7.30. The lowest BCUT2D eigenvalue weighted by Gasteiger charge is -2.10. The molecule has 0 bridgehead atoms. The maximum Gasteiger partial charge on any atom is 0.119 e. The van der Waals surface area contributed by atoms with E-state index in [9.17, 15) is 0 Å². The summed E-state index contributed by atoms with van der Waals surface area (Å²) in [4.78, 5) is 0.399. The predicted molar refractivity (Wildman–Crippen MR) is 73.6 cm³/mol. The fraction of sp³-hybridized carbons (Fsp3) is 0.500. The van der Waals surface area contributed by atoms with E-state index in [0.29, 0.717) is 4.83 Å². The number of benzene rings is 1. The van der Waals surface area contributed by atoms with Crippen LogP contribution in [0, 0.1) is 0 Å². The Morgan fingerprint density at radius 2 is 2.06 bits per heavy atom. The predicted octanol–water partition coefficient (Wildman–Crippen LogP) is 3.80. The molecule has 4 heteroatoms. The topological polar surface area (TPSA) is 18.5 Å². The van der Waals surface area contributed by atoms with Gasteiger partial charge >= 0.3 is 0 Å². The third-order valence-electron chi connectivity index (χ3n) is 2.33. The van der Waals surface area contributed by atoms with Gasteiger partial charge in [0.05, 0.1) is 13.7 Å². The molecular formula is C12H16Br2O2. The molecule has 0 aliphatic heterocycles. The van der Waals surface area contributed by atoms with E-state index in [2.05, 4.69) is 37.9 Å². The van der Waals surface area contributed by atoms with Crippen LogP contribution in [0.3, 0.4) is 0 Å². The van der Waals surface area contributed by atoms with Gasteiger partial charge in [0.1, 0.15) is 5.75 Å². The largest absolute Gasteiger partial charge is 0.497 e. The summed E-state index contributed by atoms with van der Waals surface area (Å²) in [6, 6.07) is 6.04. The van der Waals surface area contributed by atoms with Crippen LogP contribution in [0.5, 0.6) is 5.75 Å². The summed E-state index contributed by atoms with van der Waals surface area (Å²) in [5.41, 5.74) is 1.26. The molecule has 0 radical (unpaired) electrons. The molecule has 0 saturated carbocycles. The zero-order valence-electron chi connectivity index (χ0n) is 9.50. The van der Waals surface area contributed by atoms with Crippen molar-refractivity contribution in [1.29, 1.82) is 0 Å². The number of rotatable bonds is 6. The first kappa shape index (κ1) is 14.0. The zero-order valence-corrected chi connectivity index (χ0v) is 12.7. The molecular weight excluding hydrogens is 336 g/mol. The summed E-state index contributed by atoms with van der Waals surface area (Å²) in [5, 5.41) is 0. The quantitative estimate of drug-likeness (QED) is 0.726. The average Bonchev–Trinajstić information content (AvgIpc) is 2.28. The van der Waals surface area contributed by atoms with Gasteiger partial charge in [0.25, 0.3) is 0 Å². The number of halogens is 2. The van der Waals surface area contributed by atoms with Crippen LogP contribution in [0.15, 0.2) is 22.7 Å². The third-order valence-corrected chi connectivity index (χ3v) is 3.82. The van der Waals surface area contributed by atoms with Crippen LogP contribution in [0.2, 0.25) is 0 Å². The van der Waals surface area contributed by atoms with Gasteiger partial charge in [0.2, 0.25) is 0 Å².